The van der Waals surface area contributed by atoms with Gasteiger partial charge in [-0.25, -0.2) is 0 Å². The molecule has 94 valence electrons. The molecule has 0 atom stereocenters. The van der Waals surface area contributed by atoms with E-state index < -0.39 is 0 Å². The van der Waals surface area contributed by atoms with Gasteiger partial charge in [0.1, 0.15) is 0 Å². The van der Waals surface area contributed by atoms with Crippen molar-refractivity contribution in [2.24, 2.45) is 5.92 Å². The van der Waals surface area contributed by atoms with E-state index in [1.807, 2.05) is 0 Å². The number of carbonyl (C=O) groups is 1. The van der Waals surface area contributed by atoms with Crippen LogP contribution in [0, 0.1) is 5.92 Å². The SMILES string of the molecule is O=C(N[C@H]1CC[C@H](CCO)CC1)c1ccco1. The number of aliphatic hydroxyl groups excluding tert-OH is 1. The van der Waals surface area contributed by atoms with Crippen LogP contribution in [0.15, 0.2) is 22.8 Å². The standard InChI is InChI=1S/C13H19NO3/c15-8-7-10-3-5-11(6-4-10)14-13(16)12-2-1-9-17-12/h1-2,9-11,15H,3-8H2,(H,14,16)/t10-,11-. The van der Waals surface area contributed by atoms with E-state index in [1.165, 1.54) is 6.26 Å². The molecular weight excluding hydrogens is 218 g/mol. The first-order chi connectivity index (χ1) is 8.29. The maximum Gasteiger partial charge on any atom is 0.287 e. The molecule has 0 radical (unpaired) electrons. The van der Waals surface area contributed by atoms with E-state index in [1.54, 1.807) is 12.1 Å². The first-order valence-electron chi connectivity index (χ1n) is 6.25. The fraction of sp³-hybridized carbons (Fsp3) is 0.615. The third-order valence-electron chi connectivity index (χ3n) is 3.46. The number of aliphatic hydroxyl groups is 1. The van der Waals surface area contributed by atoms with Gasteiger partial charge < -0.3 is 14.8 Å². The summed E-state index contributed by atoms with van der Waals surface area (Å²) >= 11 is 0. The van der Waals surface area contributed by atoms with Gasteiger partial charge in [0.25, 0.3) is 5.91 Å². The minimum Gasteiger partial charge on any atom is -0.459 e. The van der Waals surface area contributed by atoms with E-state index in [0.29, 0.717) is 11.7 Å². The largest absolute Gasteiger partial charge is 0.459 e. The minimum absolute atomic E-state index is 0.124. The van der Waals surface area contributed by atoms with Crippen molar-refractivity contribution >= 4 is 5.91 Å². The zero-order valence-corrected chi connectivity index (χ0v) is 9.89. The van der Waals surface area contributed by atoms with Gasteiger partial charge in [0.15, 0.2) is 5.76 Å². The molecule has 0 saturated heterocycles. The van der Waals surface area contributed by atoms with Crippen LogP contribution in [0.2, 0.25) is 0 Å². The summed E-state index contributed by atoms with van der Waals surface area (Å²) in [4.78, 5) is 11.7. The number of carbonyl (C=O) groups excluding carboxylic acids is 1. The van der Waals surface area contributed by atoms with Crippen LogP contribution < -0.4 is 5.32 Å². The average molecular weight is 237 g/mol. The predicted octanol–water partition coefficient (Wildman–Crippen LogP) is 1.95. The molecule has 1 saturated carbocycles. The molecule has 1 aliphatic carbocycles. The second-order valence-corrected chi connectivity index (χ2v) is 4.68. The Morgan fingerprint density at radius 3 is 2.76 bits per heavy atom. The lowest BCUT2D eigenvalue weighted by Crippen LogP contribution is -2.37. The first kappa shape index (κ1) is 12.2. The molecule has 2 N–H and O–H groups in total. The summed E-state index contributed by atoms with van der Waals surface area (Å²) in [6, 6.07) is 3.64. The molecule has 1 heterocycles. The monoisotopic (exact) mass is 237 g/mol. The lowest BCUT2D eigenvalue weighted by atomic mass is 9.84. The third-order valence-corrected chi connectivity index (χ3v) is 3.46. The van der Waals surface area contributed by atoms with Gasteiger partial charge in [-0.15, -0.1) is 0 Å². The van der Waals surface area contributed by atoms with Crippen LogP contribution in [0.5, 0.6) is 0 Å². The number of rotatable bonds is 4. The lowest BCUT2D eigenvalue weighted by molar-refractivity contribution is 0.0890. The molecule has 0 aromatic carbocycles. The summed E-state index contributed by atoms with van der Waals surface area (Å²) in [5.41, 5.74) is 0. The molecule has 2 rings (SSSR count). The van der Waals surface area contributed by atoms with Crippen LogP contribution in [-0.2, 0) is 0 Å². The summed E-state index contributed by atoms with van der Waals surface area (Å²) in [7, 11) is 0. The number of hydrogen-bond donors (Lipinski definition) is 2. The Labute approximate surface area is 101 Å². The average Bonchev–Trinajstić information content (AvgIpc) is 2.86. The Kier molecular flexibility index (Phi) is 4.20. The van der Waals surface area contributed by atoms with Crippen LogP contribution in [0.1, 0.15) is 42.7 Å². The molecule has 4 heteroatoms. The molecule has 1 aromatic heterocycles. The van der Waals surface area contributed by atoms with E-state index >= 15 is 0 Å². The number of hydrogen-bond acceptors (Lipinski definition) is 3. The van der Waals surface area contributed by atoms with Crippen LogP contribution >= 0.6 is 0 Å². The quantitative estimate of drug-likeness (QED) is 0.841. The molecule has 1 amide bonds. The molecule has 0 spiro atoms. The van der Waals surface area contributed by atoms with Gasteiger partial charge in [-0.05, 0) is 50.2 Å². The molecule has 4 nitrogen and oxygen atoms in total. The van der Waals surface area contributed by atoms with Crippen molar-refractivity contribution in [2.75, 3.05) is 6.61 Å². The van der Waals surface area contributed by atoms with E-state index in [0.717, 1.165) is 32.1 Å². The summed E-state index contributed by atoms with van der Waals surface area (Å²) in [6.07, 6.45) is 6.56. The summed E-state index contributed by atoms with van der Waals surface area (Å²) in [5.74, 6) is 0.875. The number of nitrogens with one attached hydrogen (secondary N) is 1. The summed E-state index contributed by atoms with van der Waals surface area (Å²) in [6.45, 7) is 0.272. The second kappa shape index (κ2) is 5.87. The van der Waals surface area contributed by atoms with Crippen molar-refractivity contribution in [3.05, 3.63) is 24.2 Å². The highest BCUT2D eigenvalue weighted by atomic mass is 16.3. The van der Waals surface area contributed by atoms with Gasteiger partial charge in [0.2, 0.25) is 0 Å². The van der Waals surface area contributed by atoms with Gasteiger partial charge in [-0.2, -0.15) is 0 Å². The Hall–Kier alpha value is -1.29. The van der Waals surface area contributed by atoms with Crippen molar-refractivity contribution in [1.29, 1.82) is 0 Å². The Bertz CT molecular complexity index is 340. The van der Waals surface area contributed by atoms with E-state index in [9.17, 15) is 4.79 Å². The van der Waals surface area contributed by atoms with Gasteiger partial charge in [0.05, 0.1) is 6.26 Å². The van der Waals surface area contributed by atoms with Gasteiger partial charge in [-0.1, -0.05) is 0 Å². The molecule has 0 unspecified atom stereocenters. The molecule has 0 aliphatic heterocycles. The smallest absolute Gasteiger partial charge is 0.287 e. The highest BCUT2D eigenvalue weighted by Gasteiger charge is 2.22. The van der Waals surface area contributed by atoms with Crippen molar-refractivity contribution < 1.29 is 14.3 Å². The molecule has 1 fully saturated rings. The van der Waals surface area contributed by atoms with Gasteiger partial charge >= 0.3 is 0 Å². The van der Waals surface area contributed by atoms with E-state index in [-0.39, 0.29) is 18.6 Å². The third kappa shape index (κ3) is 3.33. The Morgan fingerprint density at radius 2 is 2.18 bits per heavy atom. The first-order valence-corrected chi connectivity index (χ1v) is 6.25. The zero-order chi connectivity index (χ0) is 12.1. The van der Waals surface area contributed by atoms with Crippen molar-refractivity contribution in [3.63, 3.8) is 0 Å². The second-order valence-electron chi connectivity index (χ2n) is 4.68. The normalized spacial score (nSPS) is 24.5. The van der Waals surface area contributed by atoms with E-state index in [4.69, 9.17) is 9.52 Å². The Balaban J connectivity index is 1.76. The molecule has 1 aromatic rings. The van der Waals surface area contributed by atoms with Crippen LogP contribution in [0.3, 0.4) is 0 Å². The molecule has 17 heavy (non-hydrogen) atoms. The molecule has 1 aliphatic rings. The predicted molar refractivity (Wildman–Crippen MR) is 63.6 cm³/mol. The fourth-order valence-corrected chi connectivity index (χ4v) is 2.44. The highest BCUT2D eigenvalue weighted by molar-refractivity contribution is 5.91. The van der Waals surface area contributed by atoms with Gasteiger partial charge in [0, 0.05) is 12.6 Å². The minimum atomic E-state index is -0.124. The van der Waals surface area contributed by atoms with Crippen LogP contribution in [-0.4, -0.2) is 23.7 Å². The maximum absolute atomic E-state index is 11.7. The fourth-order valence-electron chi connectivity index (χ4n) is 2.44. The molecule has 0 bridgehead atoms. The van der Waals surface area contributed by atoms with Crippen molar-refractivity contribution in [1.82, 2.24) is 5.32 Å². The topological polar surface area (TPSA) is 62.5 Å². The molecular formula is C13H19NO3. The van der Waals surface area contributed by atoms with Crippen LogP contribution in [0.25, 0.3) is 0 Å². The summed E-state index contributed by atoms with van der Waals surface area (Å²) in [5, 5.41) is 11.9. The zero-order valence-electron chi connectivity index (χ0n) is 9.89. The van der Waals surface area contributed by atoms with Crippen molar-refractivity contribution in [3.8, 4) is 0 Å². The highest BCUT2D eigenvalue weighted by Crippen LogP contribution is 2.26. The van der Waals surface area contributed by atoms with Crippen molar-refractivity contribution in [2.45, 2.75) is 38.1 Å². The number of amides is 1. The number of furan rings is 1. The Morgan fingerprint density at radius 1 is 1.41 bits per heavy atom. The summed E-state index contributed by atoms with van der Waals surface area (Å²) < 4.78 is 5.05. The lowest BCUT2D eigenvalue weighted by Gasteiger charge is -2.28. The van der Waals surface area contributed by atoms with E-state index in [2.05, 4.69) is 5.32 Å². The van der Waals surface area contributed by atoms with Crippen LogP contribution in [0.4, 0.5) is 0 Å². The van der Waals surface area contributed by atoms with Gasteiger partial charge in [-0.3, -0.25) is 4.79 Å². The maximum atomic E-state index is 11.7.